The first-order valence-electron chi connectivity index (χ1n) is 9.44. The molecule has 0 fully saturated rings. The molecule has 3 amide bonds. The molecule has 0 bridgehead atoms. The van der Waals surface area contributed by atoms with Crippen LogP contribution in [0.5, 0.6) is 5.75 Å². The van der Waals surface area contributed by atoms with Crippen molar-refractivity contribution in [2.75, 3.05) is 17.2 Å². The number of nitrogens with zero attached hydrogens (tertiary/aromatic N) is 1. The van der Waals surface area contributed by atoms with Gasteiger partial charge in [0.25, 0.3) is 5.91 Å². The highest BCUT2D eigenvalue weighted by Gasteiger charge is 2.07. The molecule has 0 aliphatic carbocycles. The fourth-order valence-corrected chi connectivity index (χ4v) is 2.62. The van der Waals surface area contributed by atoms with Crippen LogP contribution in [0.2, 0.25) is 0 Å². The van der Waals surface area contributed by atoms with Gasteiger partial charge in [-0.3, -0.25) is 4.79 Å². The van der Waals surface area contributed by atoms with Gasteiger partial charge in [0.1, 0.15) is 11.6 Å². The summed E-state index contributed by atoms with van der Waals surface area (Å²) in [5.41, 5.74) is 5.05. The Morgan fingerprint density at radius 2 is 1.68 bits per heavy atom. The normalized spacial score (nSPS) is 10.5. The molecule has 0 aromatic heterocycles. The smallest absolute Gasteiger partial charge is 0.339 e. The van der Waals surface area contributed by atoms with E-state index in [1.54, 1.807) is 30.3 Å². The molecule has 3 N–H and O–H groups in total. The van der Waals surface area contributed by atoms with Crippen LogP contribution in [-0.4, -0.2) is 24.8 Å². The molecule has 0 aliphatic rings. The molecule has 8 heteroatoms. The zero-order chi connectivity index (χ0) is 22.1. The number of aryl methyl sites for hydroxylation is 1. The van der Waals surface area contributed by atoms with Gasteiger partial charge in [0.15, 0.2) is 6.61 Å². The largest absolute Gasteiger partial charge is 0.483 e. The summed E-state index contributed by atoms with van der Waals surface area (Å²) in [4.78, 5) is 24.1. The minimum absolute atomic E-state index is 0.247. The molecule has 3 aromatic carbocycles. The molecule has 0 unspecified atom stereocenters. The maximum Gasteiger partial charge on any atom is 0.339 e. The van der Waals surface area contributed by atoms with E-state index in [9.17, 15) is 14.0 Å². The Kier molecular flexibility index (Phi) is 7.31. The van der Waals surface area contributed by atoms with Gasteiger partial charge in [-0.1, -0.05) is 30.3 Å². The van der Waals surface area contributed by atoms with E-state index in [2.05, 4.69) is 21.2 Å². The maximum atomic E-state index is 12.9. The lowest BCUT2D eigenvalue weighted by atomic mass is 10.2. The first-order valence-corrected chi connectivity index (χ1v) is 9.44. The van der Waals surface area contributed by atoms with E-state index in [4.69, 9.17) is 4.74 Å². The highest BCUT2D eigenvalue weighted by atomic mass is 19.1. The summed E-state index contributed by atoms with van der Waals surface area (Å²) in [6.07, 6.45) is 1.42. The lowest BCUT2D eigenvalue weighted by Gasteiger charge is -2.10. The molecule has 3 rings (SSSR count). The summed E-state index contributed by atoms with van der Waals surface area (Å²) in [5.74, 6) is -0.362. The van der Waals surface area contributed by atoms with Crippen molar-refractivity contribution in [3.05, 3.63) is 89.7 Å². The molecule has 0 spiro atoms. The van der Waals surface area contributed by atoms with Crippen molar-refractivity contribution in [1.29, 1.82) is 0 Å². The van der Waals surface area contributed by atoms with Crippen molar-refractivity contribution in [3.63, 3.8) is 0 Å². The summed E-state index contributed by atoms with van der Waals surface area (Å²) in [6, 6.07) is 19.3. The van der Waals surface area contributed by atoms with E-state index in [1.165, 1.54) is 30.5 Å². The van der Waals surface area contributed by atoms with Crippen LogP contribution in [0, 0.1) is 12.7 Å². The van der Waals surface area contributed by atoms with E-state index in [1.807, 2.05) is 25.1 Å². The van der Waals surface area contributed by atoms with E-state index < -0.39 is 11.9 Å². The number of anilines is 2. The number of ether oxygens (including phenoxy) is 1. The average Bonchev–Trinajstić information content (AvgIpc) is 2.76. The topological polar surface area (TPSA) is 91.8 Å². The van der Waals surface area contributed by atoms with Crippen LogP contribution in [0.1, 0.15) is 11.1 Å². The Hall–Kier alpha value is -4.20. The number of amides is 3. The van der Waals surface area contributed by atoms with Crippen LogP contribution in [-0.2, 0) is 4.79 Å². The molecule has 0 aliphatic heterocycles. The highest BCUT2D eigenvalue weighted by molar-refractivity contribution is 5.93. The molecule has 0 saturated heterocycles. The molecule has 31 heavy (non-hydrogen) atoms. The molecule has 0 saturated carbocycles. The number of para-hydroxylation sites is 2. The lowest BCUT2D eigenvalue weighted by Crippen LogP contribution is -2.24. The molecular formula is C23H21FN4O3. The summed E-state index contributed by atoms with van der Waals surface area (Å²) >= 11 is 0. The number of halogens is 1. The Morgan fingerprint density at radius 3 is 2.45 bits per heavy atom. The van der Waals surface area contributed by atoms with Gasteiger partial charge < -0.3 is 15.4 Å². The number of hydrazone groups is 1. The summed E-state index contributed by atoms with van der Waals surface area (Å²) in [5, 5.41) is 9.25. The Bertz CT molecular complexity index is 1080. The van der Waals surface area contributed by atoms with E-state index in [0.29, 0.717) is 22.7 Å². The number of nitrogens with one attached hydrogen (secondary N) is 3. The van der Waals surface area contributed by atoms with Gasteiger partial charge in [-0.15, -0.1) is 0 Å². The second-order valence-corrected chi connectivity index (χ2v) is 6.52. The number of hydrogen-bond acceptors (Lipinski definition) is 4. The molecule has 0 heterocycles. The number of rotatable bonds is 7. The van der Waals surface area contributed by atoms with E-state index in [0.717, 1.165) is 5.56 Å². The first kappa shape index (κ1) is 21.5. The molecular weight excluding hydrogens is 399 g/mol. The van der Waals surface area contributed by atoms with Gasteiger partial charge in [-0.2, -0.15) is 5.10 Å². The number of benzene rings is 3. The SMILES string of the molecule is Cc1ccccc1NC(=O)NN=Cc1ccccc1OCC(=O)Nc1ccc(F)cc1. The van der Waals surface area contributed by atoms with Crippen LogP contribution >= 0.6 is 0 Å². The number of hydrogen-bond donors (Lipinski definition) is 3. The monoisotopic (exact) mass is 420 g/mol. The van der Waals surface area contributed by atoms with Gasteiger partial charge in [0.2, 0.25) is 0 Å². The van der Waals surface area contributed by atoms with Crippen molar-refractivity contribution >= 4 is 29.5 Å². The molecule has 0 radical (unpaired) electrons. The third-order valence-electron chi connectivity index (χ3n) is 4.17. The molecule has 0 atom stereocenters. The third-order valence-corrected chi connectivity index (χ3v) is 4.17. The highest BCUT2D eigenvalue weighted by Crippen LogP contribution is 2.16. The first-order chi connectivity index (χ1) is 15.0. The summed E-state index contributed by atoms with van der Waals surface area (Å²) < 4.78 is 18.5. The zero-order valence-corrected chi connectivity index (χ0v) is 16.8. The van der Waals surface area contributed by atoms with Gasteiger partial charge in [-0.25, -0.2) is 14.6 Å². The van der Waals surface area contributed by atoms with Crippen molar-refractivity contribution in [3.8, 4) is 5.75 Å². The van der Waals surface area contributed by atoms with Crippen LogP contribution in [0.3, 0.4) is 0 Å². The predicted octanol–water partition coefficient (Wildman–Crippen LogP) is 4.31. The predicted molar refractivity (Wildman–Crippen MR) is 118 cm³/mol. The second kappa shape index (κ2) is 10.5. The van der Waals surface area contributed by atoms with Crippen molar-refractivity contribution < 1.29 is 18.7 Å². The van der Waals surface area contributed by atoms with Gasteiger partial charge >= 0.3 is 6.03 Å². The maximum absolute atomic E-state index is 12.9. The Labute approximate surface area is 178 Å². The number of carbonyl (C=O) groups excluding carboxylic acids is 2. The van der Waals surface area contributed by atoms with E-state index in [-0.39, 0.29) is 12.4 Å². The van der Waals surface area contributed by atoms with Crippen LogP contribution in [0.15, 0.2) is 77.9 Å². The second-order valence-electron chi connectivity index (χ2n) is 6.52. The van der Waals surface area contributed by atoms with Gasteiger partial charge in [0.05, 0.1) is 6.21 Å². The number of urea groups is 1. The standard InChI is InChI=1S/C23H21FN4O3/c1-16-6-2-4-8-20(16)27-23(30)28-25-14-17-7-3-5-9-21(17)31-15-22(29)26-19-12-10-18(24)11-13-19/h2-14H,15H2,1H3,(H,26,29)(H2,27,28,30). The lowest BCUT2D eigenvalue weighted by molar-refractivity contribution is -0.118. The van der Waals surface area contributed by atoms with Gasteiger partial charge in [0, 0.05) is 16.9 Å². The zero-order valence-electron chi connectivity index (χ0n) is 16.8. The Morgan fingerprint density at radius 1 is 0.968 bits per heavy atom. The minimum Gasteiger partial charge on any atom is -0.483 e. The van der Waals surface area contributed by atoms with Crippen LogP contribution < -0.4 is 20.8 Å². The summed E-state index contributed by atoms with van der Waals surface area (Å²) in [6.45, 7) is 1.64. The average molecular weight is 420 g/mol. The fraction of sp³-hybridized carbons (Fsp3) is 0.0870. The van der Waals surface area contributed by atoms with Crippen LogP contribution in [0.4, 0.5) is 20.6 Å². The minimum atomic E-state index is -0.484. The van der Waals surface area contributed by atoms with Crippen molar-refractivity contribution in [1.82, 2.24) is 5.43 Å². The van der Waals surface area contributed by atoms with Gasteiger partial charge in [-0.05, 0) is 55.0 Å². The van der Waals surface area contributed by atoms with Crippen LogP contribution in [0.25, 0.3) is 0 Å². The summed E-state index contributed by atoms with van der Waals surface area (Å²) in [7, 11) is 0. The number of carbonyl (C=O) groups is 2. The quantitative estimate of drug-likeness (QED) is 0.393. The van der Waals surface area contributed by atoms with Crippen molar-refractivity contribution in [2.24, 2.45) is 5.10 Å². The van der Waals surface area contributed by atoms with Crippen molar-refractivity contribution in [2.45, 2.75) is 6.92 Å². The van der Waals surface area contributed by atoms with E-state index >= 15 is 0 Å². The molecule has 3 aromatic rings. The Balaban J connectivity index is 1.53. The molecule has 7 nitrogen and oxygen atoms in total. The fourth-order valence-electron chi connectivity index (χ4n) is 2.62. The molecule has 158 valence electrons. The third kappa shape index (κ3) is 6.67.